The summed E-state index contributed by atoms with van der Waals surface area (Å²) in [6.45, 7) is 5.60. The van der Waals surface area contributed by atoms with Crippen LogP contribution in [0.15, 0.2) is 0 Å². The maximum atomic E-state index is 2.31. The van der Waals surface area contributed by atoms with Crippen LogP contribution in [-0.2, 0) is 17.1 Å². The maximum Gasteiger partial charge on any atom is 0.0129 e. The summed E-state index contributed by atoms with van der Waals surface area (Å²) in [7, 11) is 5.68. The molecule has 0 aromatic heterocycles. The number of nitrogens with zero attached hydrogens (tertiary/aromatic N) is 1. The molecular weight excluding hydrogens is 281 g/mol. The summed E-state index contributed by atoms with van der Waals surface area (Å²) in [5.74, 6) is 2.98. The van der Waals surface area contributed by atoms with Gasteiger partial charge in [-0.1, -0.05) is 22.4 Å². The molecule has 3 heteroatoms. The molecule has 1 heterocycles. The topological polar surface area (TPSA) is 3.24 Å². The Labute approximate surface area is 127 Å². The summed E-state index contributed by atoms with van der Waals surface area (Å²) in [6.07, 6.45) is 13.5. The summed E-state index contributed by atoms with van der Waals surface area (Å²) in [5, 5.41) is 0. The van der Waals surface area contributed by atoms with Gasteiger partial charge in [0.05, 0.1) is 0 Å². The van der Waals surface area contributed by atoms with E-state index in [9.17, 15) is 0 Å². The molecule has 0 amide bonds. The van der Waals surface area contributed by atoms with Gasteiger partial charge in [-0.2, -0.15) is 0 Å². The van der Waals surface area contributed by atoms with Crippen molar-refractivity contribution < 1.29 is 17.1 Å². The van der Waals surface area contributed by atoms with Crippen molar-refractivity contribution in [1.82, 2.24) is 4.90 Å². The van der Waals surface area contributed by atoms with Crippen molar-refractivity contribution in [2.45, 2.75) is 20.3 Å². The second kappa shape index (κ2) is 10.7. The molecule has 0 aromatic carbocycles. The average Bonchev–Trinajstić information content (AvgIpc) is 2.93. The van der Waals surface area contributed by atoms with E-state index in [1.807, 2.05) is 32.1 Å². The first-order valence-electron chi connectivity index (χ1n) is 6.00. The van der Waals surface area contributed by atoms with Crippen molar-refractivity contribution in [2.24, 2.45) is 0 Å². The molecule has 0 bridgehead atoms. The van der Waals surface area contributed by atoms with E-state index in [-0.39, 0.29) is 17.1 Å². The van der Waals surface area contributed by atoms with Gasteiger partial charge in [-0.25, -0.2) is 0 Å². The van der Waals surface area contributed by atoms with E-state index < -0.39 is 0 Å². The van der Waals surface area contributed by atoms with Crippen LogP contribution in [0.5, 0.6) is 0 Å². The predicted molar refractivity (Wildman–Crippen MR) is 77.0 cm³/mol. The van der Waals surface area contributed by atoms with Crippen molar-refractivity contribution in [3.05, 3.63) is 55.8 Å². The molecule has 2 aliphatic rings. The van der Waals surface area contributed by atoms with Crippen molar-refractivity contribution in [3.8, 4) is 0 Å². The smallest absolute Gasteiger partial charge is 0.0129 e. The molecule has 18 heavy (non-hydrogen) atoms. The van der Waals surface area contributed by atoms with Gasteiger partial charge in [-0.3, -0.25) is 0 Å². The molecule has 2 fully saturated rings. The fourth-order valence-corrected chi connectivity index (χ4v) is 2.64. The summed E-state index contributed by atoms with van der Waals surface area (Å²) in [6, 6.07) is 0. The van der Waals surface area contributed by atoms with Gasteiger partial charge >= 0.3 is 0 Å². The summed E-state index contributed by atoms with van der Waals surface area (Å²) >= 11 is 0. The van der Waals surface area contributed by atoms with Crippen LogP contribution < -0.4 is 0 Å². The molecule has 1 aliphatic heterocycles. The largest absolute Gasteiger partial charge is 0.309 e. The average molecular weight is 303 g/mol. The third kappa shape index (κ3) is 7.49. The summed E-state index contributed by atoms with van der Waals surface area (Å²) in [5.41, 5.74) is 1.60. The van der Waals surface area contributed by atoms with Gasteiger partial charge in [0.1, 0.15) is 0 Å². The molecule has 0 unspecified atom stereocenters. The second-order valence-corrected chi connectivity index (χ2v) is 5.58. The zero-order valence-corrected chi connectivity index (χ0v) is 13.6. The van der Waals surface area contributed by atoms with E-state index in [1.54, 1.807) is 5.66 Å². The van der Waals surface area contributed by atoms with Crippen LogP contribution in [0.25, 0.3) is 0 Å². The summed E-state index contributed by atoms with van der Waals surface area (Å²) in [4.78, 5) is 2.24. The van der Waals surface area contributed by atoms with E-state index in [2.05, 4.69) is 39.0 Å². The normalized spacial score (nSPS) is 23.2. The first kappa shape index (κ1) is 18.9. The van der Waals surface area contributed by atoms with Crippen molar-refractivity contribution in [1.29, 1.82) is 0 Å². The molecule has 1 aliphatic carbocycles. The standard InChI is InChI=1S/C10H17NP.C5H5.Fe/c1-8-7-12-10(9(8)2)5-6-11(3)4;1-2-4-5-3-1;/h7H,5-6H2,1-4H3;1-5H;. The van der Waals surface area contributed by atoms with Crippen molar-refractivity contribution in [2.75, 3.05) is 20.6 Å². The van der Waals surface area contributed by atoms with E-state index in [0.717, 1.165) is 0 Å². The predicted octanol–water partition coefficient (Wildman–Crippen LogP) is 3.80. The quantitative estimate of drug-likeness (QED) is 0.566. The molecule has 10 radical (unpaired) electrons. The van der Waals surface area contributed by atoms with Gasteiger partial charge in [-0.15, -0.1) is 0 Å². The monoisotopic (exact) mass is 303 g/mol. The van der Waals surface area contributed by atoms with Gasteiger partial charge < -0.3 is 4.90 Å². The Balaban J connectivity index is 0.000000405. The minimum Gasteiger partial charge on any atom is -0.309 e. The third-order valence-electron chi connectivity index (χ3n) is 2.79. The zero-order valence-electron chi connectivity index (χ0n) is 11.6. The Bertz CT molecular complexity index is 187. The molecule has 2 rings (SSSR count). The van der Waals surface area contributed by atoms with Crippen molar-refractivity contribution >= 4 is 8.58 Å². The summed E-state index contributed by atoms with van der Waals surface area (Å²) < 4.78 is 0. The first-order chi connectivity index (χ1) is 8.11. The van der Waals surface area contributed by atoms with Gasteiger partial charge in [0, 0.05) is 22.7 Å². The van der Waals surface area contributed by atoms with Gasteiger partial charge in [-0.05, 0) is 77.2 Å². The van der Waals surface area contributed by atoms with Gasteiger partial charge in [0.15, 0.2) is 0 Å². The van der Waals surface area contributed by atoms with Crippen molar-refractivity contribution in [3.63, 3.8) is 0 Å². The number of hydrogen-bond acceptors (Lipinski definition) is 1. The molecule has 1 saturated carbocycles. The Hall–Kier alpha value is 0.909. The molecule has 1 nitrogen and oxygen atoms in total. The Morgan fingerprint density at radius 2 is 1.50 bits per heavy atom. The van der Waals surface area contributed by atoms with Crippen LogP contribution in [0.4, 0.5) is 0 Å². The zero-order chi connectivity index (χ0) is 12.7. The minimum atomic E-state index is 0. The molecule has 0 aromatic rings. The van der Waals surface area contributed by atoms with E-state index in [1.165, 1.54) is 33.4 Å². The Morgan fingerprint density at radius 1 is 1.00 bits per heavy atom. The number of rotatable bonds is 3. The van der Waals surface area contributed by atoms with Crippen LogP contribution in [-0.4, -0.2) is 25.5 Å². The molecule has 0 atom stereocenters. The molecule has 0 spiro atoms. The fraction of sp³-hybridized carbons (Fsp3) is 0.400. The molecule has 1 saturated heterocycles. The van der Waals surface area contributed by atoms with Crippen LogP contribution in [0.1, 0.15) is 20.3 Å². The second-order valence-electron chi connectivity index (χ2n) is 4.53. The Kier molecular flexibility index (Phi) is 11.2. The van der Waals surface area contributed by atoms with Crippen LogP contribution >= 0.6 is 8.58 Å². The van der Waals surface area contributed by atoms with Crippen LogP contribution in [0, 0.1) is 55.8 Å². The molecular formula is C15H22FeNP. The van der Waals surface area contributed by atoms with Gasteiger partial charge in [0.2, 0.25) is 0 Å². The van der Waals surface area contributed by atoms with Crippen LogP contribution in [0.3, 0.4) is 0 Å². The minimum absolute atomic E-state index is 0. The van der Waals surface area contributed by atoms with Gasteiger partial charge in [0.25, 0.3) is 0 Å². The number of hydrogen-bond donors (Lipinski definition) is 0. The fourth-order valence-electron chi connectivity index (χ4n) is 1.50. The van der Waals surface area contributed by atoms with Crippen LogP contribution in [0.2, 0.25) is 0 Å². The molecule has 100 valence electrons. The van der Waals surface area contributed by atoms with E-state index in [0.29, 0.717) is 0 Å². The first-order valence-corrected chi connectivity index (χ1v) is 6.96. The van der Waals surface area contributed by atoms with E-state index in [4.69, 9.17) is 0 Å². The third-order valence-corrected chi connectivity index (χ3v) is 4.18. The molecule has 0 N–H and O–H groups in total. The van der Waals surface area contributed by atoms with E-state index >= 15 is 0 Å². The maximum absolute atomic E-state index is 2.31. The Morgan fingerprint density at radius 3 is 1.83 bits per heavy atom. The SMILES string of the molecule is C[C]1[CH][P][C](CCN(C)C)[C]1C.[CH]1[CH][CH][CH][CH]1.[Fe].